The van der Waals surface area contributed by atoms with Gasteiger partial charge in [0.1, 0.15) is 6.10 Å². The minimum Gasteiger partial charge on any atom is -0.396 e. The second-order valence-corrected chi connectivity index (χ2v) is 4.89. The van der Waals surface area contributed by atoms with Crippen LogP contribution in [0.5, 0.6) is 0 Å². The molecule has 0 aromatic heterocycles. The molecule has 1 aliphatic heterocycles. The van der Waals surface area contributed by atoms with Gasteiger partial charge in [-0.2, -0.15) is 0 Å². The van der Waals surface area contributed by atoms with Crippen LogP contribution in [0.2, 0.25) is 0 Å². The summed E-state index contributed by atoms with van der Waals surface area (Å²) in [6.07, 6.45) is 2.39. The van der Waals surface area contributed by atoms with Crippen LogP contribution in [0, 0.1) is 0 Å². The summed E-state index contributed by atoms with van der Waals surface area (Å²) in [6, 6.07) is 9.77. The zero-order valence-electron chi connectivity index (χ0n) is 11.1. The van der Waals surface area contributed by atoms with Crippen LogP contribution in [-0.4, -0.2) is 35.6 Å². The van der Waals surface area contributed by atoms with Gasteiger partial charge in [0.25, 0.3) is 0 Å². The third kappa shape index (κ3) is 4.28. The maximum Gasteiger partial charge on any atom is 0.184 e. The Labute approximate surface area is 114 Å². The highest BCUT2D eigenvalue weighted by atomic mass is 16.7. The van der Waals surface area contributed by atoms with Crippen LogP contribution in [0.15, 0.2) is 30.3 Å². The predicted molar refractivity (Wildman–Crippen MR) is 71.6 cm³/mol. The first-order valence-electron chi connectivity index (χ1n) is 6.92. The highest BCUT2D eigenvalue weighted by molar-refractivity contribution is 5.16. The predicted octanol–water partition coefficient (Wildman–Crippen LogP) is 2.01. The normalized spacial score (nSPS) is 27.4. The number of benzene rings is 1. The lowest BCUT2D eigenvalue weighted by atomic mass is 10.0. The molecule has 19 heavy (non-hydrogen) atoms. The van der Waals surface area contributed by atoms with Gasteiger partial charge in [0.05, 0.1) is 12.7 Å². The number of hydrogen-bond acceptors (Lipinski definition) is 4. The van der Waals surface area contributed by atoms with Gasteiger partial charge in [0.2, 0.25) is 0 Å². The molecule has 2 rings (SSSR count). The molecule has 0 saturated carbocycles. The van der Waals surface area contributed by atoms with Gasteiger partial charge in [0, 0.05) is 12.2 Å². The Balaban J connectivity index is 1.85. The highest BCUT2D eigenvalue weighted by Crippen LogP contribution is 2.28. The van der Waals surface area contributed by atoms with Crippen LogP contribution in [-0.2, 0) is 9.47 Å². The summed E-state index contributed by atoms with van der Waals surface area (Å²) < 4.78 is 11.4. The first-order valence-corrected chi connectivity index (χ1v) is 6.92. The quantitative estimate of drug-likeness (QED) is 0.773. The van der Waals surface area contributed by atoms with Crippen molar-refractivity contribution >= 4 is 0 Å². The molecule has 1 aliphatic rings. The molecule has 2 N–H and O–H groups in total. The second-order valence-electron chi connectivity index (χ2n) is 4.89. The fraction of sp³-hybridized carbons (Fsp3) is 0.600. The van der Waals surface area contributed by atoms with Gasteiger partial charge in [-0.15, -0.1) is 0 Å². The molecule has 106 valence electrons. The lowest BCUT2D eigenvalue weighted by Crippen LogP contribution is -2.40. The van der Waals surface area contributed by atoms with Gasteiger partial charge in [-0.25, -0.2) is 0 Å². The lowest BCUT2D eigenvalue weighted by Gasteiger charge is -2.34. The lowest BCUT2D eigenvalue weighted by molar-refractivity contribution is -0.258. The monoisotopic (exact) mass is 266 g/mol. The van der Waals surface area contributed by atoms with Gasteiger partial charge in [-0.3, -0.25) is 0 Å². The van der Waals surface area contributed by atoms with Gasteiger partial charge in [-0.05, 0) is 12.8 Å². The van der Waals surface area contributed by atoms with Crippen molar-refractivity contribution in [3.8, 4) is 0 Å². The van der Waals surface area contributed by atoms with Crippen molar-refractivity contribution in [2.75, 3.05) is 13.2 Å². The van der Waals surface area contributed by atoms with Crippen LogP contribution in [0.25, 0.3) is 0 Å². The molecule has 0 aliphatic carbocycles. The summed E-state index contributed by atoms with van der Waals surface area (Å²) in [5.41, 5.74) is 0.981. The zero-order chi connectivity index (χ0) is 13.5. The number of aliphatic hydroxyl groups is 2. The van der Waals surface area contributed by atoms with Gasteiger partial charge >= 0.3 is 0 Å². The minimum atomic E-state index is -0.561. The fourth-order valence-electron chi connectivity index (χ4n) is 2.26. The maximum absolute atomic E-state index is 9.89. The van der Waals surface area contributed by atoms with Crippen molar-refractivity contribution in [2.45, 2.75) is 44.2 Å². The second kappa shape index (κ2) is 7.60. The molecule has 0 amide bonds. The van der Waals surface area contributed by atoms with Crippen LogP contribution < -0.4 is 0 Å². The van der Waals surface area contributed by atoms with E-state index in [1.807, 2.05) is 30.3 Å². The molecule has 3 atom stereocenters. The summed E-state index contributed by atoms with van der Waals surface area (Å²) >= 11 is 0. The number of aliphatic hydroxyl groups excluding tert-OH is 2. The molecule has 0 radical (unpaired) electrons. The molecule has 4 heteroatoms. The topological polar surface area (TPSA) is 58.9 Å². The smallest absolute Gasteiger partial charge is 0.184 e. The van der Waals surface area contributed by atoms with E-state index in [0.29, 0.717) is 6.61 Å². The molecule has 1 aromatic carbocycles. The van der Waals surface area contributed by atoms with E-state index in [1.165, 1.54) is 0 Å². The first-order chi connectivity index (χ1) is 9.31. The van der Waals surface area contributed by atoms with E-state index in [-0.39, 0.29) is 19.0 Å². The molecule has 0 bridgehead atoms. The maximum atomic E-state index is 9.89. The average Bonchev–Trinajstić information content (AvgIpc) is 2.46. The summed E-state index contributed by atoms with van der Waals surface area (Å²) in [5.74, 6) is 0. The summed E-state index contributed by atoms with van der Waals surface area (Å²) in [5, 5.41) is 18.6. The summed E-state index contributed by atoms with van der Waals surface area (Å²) in [6.45, 7) is 0.536. The van der Waals surface area contributed by atoms with Crippen LogP contribution in [0.4, 0.5) is 0 Å². The molecule has 1 saturated heterocycles. The van der Waals surface area contributed by atoms with E-state index in [2.05, 4.69) is 0 Å². The van der Waals surface area contributed by atoms with Gasteiger partial charge in [0.15, 0.2) is 6.29 Å². The Bertz CT molecular complexity index is 354. The third-order valence-electron chi connectivity index (χ3n) is 3.36. The van der Waals surface area contributed by atoms with Crippen LogP contribution in [0.1, 0.15) is 37.5 Å². The summed E-state index contributed by atoms with van der Waals surface area (Å²) in [7, 11) is 0. The number of hydrogen-bond donors (Lipinski definition) is 2. The summed E-state index contributed by atoms with van der Waals surface area (Å²) in [4.78, 5) is 0. The fourth-order valence-corrected chi connectivity index (χ4v) is 2.26. The molecule has 4 nitrogen and oxygen atoms in total. The molecule has 1 fully saturated rings. The SMILES string of the molecule is OCCCCC[C@@H]1O[C@H](c2ccccc2)OC[C@H]1O. The molecule has 0 spiro atoms. The Kier molecular flexibility index (Phi) is 5.79. The van der Waals surface area contributed by atoms with Crippen LogP contribution in [0.3, 0.4) is 0 Å². The Morgan fingerprint density at radius 3 is 2.63 bits per heavy atom. The van der Waals surface area contributed by atoms with E-state index < -0.39 is 6.10 Å². The van der Waals surface area contributed by atoms with Crippen LogP contribution >= 0.6 is 0 Å². The van der Waals surface area contributed by atoms with Gasteiger partial charge in [-0.1, -0.05) is 43.2 Å². The largest absolute Gasteiger partial charge is 0.396 e. The number of unbranched alkanes of at least 4 members (excludes halogenated alkanes) is 2. The molecule has 0 unspecified atom stereocenters. The Hall–Kier alpha value is -0.940. The standard InChI is InChI=1S/C15H22O4/c16-10-6-2-5-9-14-13(17)11-18-15(19-14)12-7-3-1-4-8-12/h1,3-4,7-8,13-17H,2,5-6,9-11H2/t13-,14+,15-/m1/s1. The van der Waals surface area contributed by atoms with E-state index in [4.69, 9.17) is 14.6 Å². The van der Waals surface area contributed by atoms with Crippen molar-refractivity contribution in [2.24, 2.45) is 0 Å². The van der Waals surface area contributed by atoms with Gasteiger partial charge < -0.3 is 19.7 Å². The van der Waals surface area contributed by atoms with Crippen molar-refractivity contribution < 1.29 is 19.7 Å². The van der Waals surface area contributed by atoms with E-state index in [0.717, 1.165) is 31.2 Å². The van der Waals surface area contributed by atoms with Crippen molar-refractivity contribution in [3.05, 3.63) is 35.9 Å². The van der Waals surface area contributed by atoms with Crippen molar-refractivity contribution in [1.82, 2.24) is 0 Å². The molecular formula is C15H22O4. The van der Waals surface area contributed by atoms with E-state index in [1.54, 1.807) is 0 Å². The Morgan fingerprint density at radius 2 is 1.89 bits per heavy atom. The minimum absolute atomic E-state index is 0.183. The average molecular weight is 266 g/mol. The van der Waals surface area contributed by atoms with E-state index in [9.17, 15) is 5.11 Å². The molecule has 1 aromatic rings. The first kappa shape index (κ1) is 14.5. The van der Waals surface area contributed by atoms with Crippen molar-refractivity contribution in [3.63, 3.8) is 0 Å². The Morgan fingerprint density at radius 1 is 1.11 bits per heavy atom. The van der Waals surface area contributed by atoms with Crippen molar-refractivity contribution in [1.29, 1.82) is 0 Å². The zero-order valence-corrected chi connectivity index (χ0v) is 11.1. The number of ether oxygens (including phenoxy) is 2. The van der Waals surface area contributed by atoms with E-state index >= 15 is 0 Å². The number of rotatable bonds is 6. The molecular weight excluding hydrogens is 244 g/mol. The molecule has 1 heterocycles. The third-order valence-corrected chi connectivity index (χ3v) is 3.36. The highest BCUT2D eigenvalue weighted by Gasteiger charge is 2.30.